The zero-order chi connectivity index (χ0) is 15.5. The number of carbonyl (C=O) groups is 2. The number of likely N-dealkylation sites (tertiary alicyclic amines) is 1. The van der Waals surface area contributed by atoms with E-state index in [9.17, 15) is 9.59 Å². The second-order valence-electron chi connectivity index (χ2n) is 6.44. The van der Waals surface area contributed by atoms with E-state index in [1.165, 1.54) is 5.56 Å². The molecule has 2 rings (SSSR count). The van der Waals surface area contributed by atoms with Gasteiger partial charge in [-0.15, -0.1) is 0 Å². The molecule has 1 heterocycles. The minimum Gasteiger partial charge on any atom is -0.481 e. The normalized spacial score (nSPS) is 18.8. The van der Waals surface area contributed by atoms with Gasteiger partial charge in [0, 0.05) is 19.0 Å². The van der Waals surface area contributed by atoms with E-state index < -0.39 is 11.4 Å². The standard InChI is InChI=1S/C17H23NO3/c1-17(2,16(20)21)12-15(19)18-10-6-9-14(18)11-13-7-4-3-5-8-13/h3-5,7-8,14H,6,9-12H2,1-2H3,(H,20,21). The molecule has 1 aliphatic heterocycles. The number of nitrogens with zero attached hydrogens (tertiary/aromatic N) is 1. The number of hydrogen-bond acceptors (Lipinski definition) is 2. The monoisotopic (exact) mass is 289 g/mol. The molecule has 1 amide bonds. The molecule has 0 radical (unpaired) electrons. The van der Waals surface area contributed by atoms with Gasteiger partial charge >= 0.3 is 5.97 Å². The van der Waals surface area contributed by atoms with Gasteiger partial charge in [0.15, 0.2) is 0 Å². The lowest BCUT2D eigenvalue weighted by Crippen LogP contribution is -2.40. The van der Waals surface area contributed by atoms with Gasteiger partial charge in [0.2, 0.25) is 5.91 Å². The number of carboxylic acid groups (broad SMARTS) is 1. The van der Waals surface area contributed by atoms with E-state index in [-0.39, 0.29) is 18.4 Å². The predicted octanol–water partition coefficient (Wildman–Crippen LogP) is 2.72. The lowest BCUT2D eigenvalue weighted by atomic mass is 9.88. The van der Waals surface area contributed by atoms with Crippen molar-refractivity contribution in [3.63, 3.8) is 0 Å². The highest BCUT2D eigenvalue weighted by atomic mass is 16.4. The highest BCUT2D eigenvalue weighted by Crippen LogP contribution is 2.27. The maximum atomic E-state index is 12.4. The molecule has 0 aliphatic carbocycles. The van der Waals surface area contributed by atoms with Crippen LogP contribution >= 0.6 is 0 Å². The Bertz CT molecular complexity index is 510. The van der Waals surface area contributed by atoms with Gasteiger partial charge in [0.25, 0.3) is 0 Å². The molecule has 4 nitrogen and oxygen atoms in total. The molecular weight excluding hydrogens is 266 g/mol. The Morgan fingerprint density at radius 3 is 2.57 bits per heavy atom. The summed E-state index contributed by atoms with van der Waals surface area (Å²) in [5.74, 6) is -0.963. The molecule has 0 bridgehead atoms. The fourth-order valence-electron chi connectivity index (χ4n) is 2.82. The lowest BCUT2D eigenvalue weighted by molar-refractivity contribution is -0.151. The molecule has 1 aromatic carbocycles. The number of aliphatic carboxylic acids is 1. The van der Waals surface area contributed by atoms with Crippen LogP contribution in [0.3, 0.4) is 0 Å². The molecule has 1 aromatic rings. The number of rotatable bonds is 5. The number of carbonyl (C=O) groups excluding carboxylic acids is 1. The van der Waals surface area contributed by atoms with Crippen LogP contribution in [0.5, 0.6) is 0 Å². The van der Waals surface area contributed by atoms with Crippen LogP contribution in [0.25, 0.3) is 0 Å². The summed E-state index contributed by atoms with van der Waals surface area (Å²) in [6.07, 6.45) is 2.90. The summed E-state index contributed by atoms with van der Waals surface area (Å²) in [6.45, 7) is 3.96. The van der Waals surface area contributed by atoms with Gasteiger partial charge in [0.05, 0.1) is 5.41 Å². The Labute approximate surface area is 125 Å². The second kappa shape index (κ2) is 6.29. The van der Waals surface area contributed by atoms with Crippen molar-refractivity contribution in [2.24, 2.45) is 5.41 Å². The van der Waals surface area contributed by atoms with Crippen molar-refractivity contribution in [2.45, 2.75) is 45.6 Å². The highest BCUT2D eigenvalue weighted by molar-refractivity contribution is 5.84. The molecule has 1 fully saturated rings. The summed E-state index contributed by atoms with van der Waals surface area (Å²) in [5.41, 5.74) is 0.219. The number of carboxylic acids is 1. The van der Waals surface area contributed by atoms with Crippen molar-refractivity contribution in [1.82, 2.24) is 4.90 Å². The highest BCUT2D eigenvalue weighted by Gasteiger charge is 2.35. The molecule has 1 atom stereocenters. The third-order valence-electron chi connectivity index (χ3n) is 4.18. The smallest absolute Gasteiger partial charge is 0.309 e. The van der Waals surface area contributed by atoms with Crippen LogP contribution in [0.4, 0.5) is 0 Å². The molecule has 114 valence electrons. The fraction of sp³-hybridized carbons (Fsp3) is 0.529. The van der Waals surface area contributed by atoms with Crippen molar-refractivity contribution in [1.29, 1.82) is 0 Å². The largest absolute Gasteiger partial charge is 0.481 e. The van der Waals surface area contributed by atoms with Crippen molar-refractivity contribution in [3.05, 3.63) is 35.9 Å². The first-order valence-corrected chi connectivity index (χ1v) is 7.47. The van der Waals surface area contributed by atoms with Gasteiger partial charge in [-0.3, -0.25) is 9.59 Å². The molecule has 1 saturated heterocycles. The molecule has 0 aromatic heterocycles. The van der Waals surface area contributed by atoms with Crippen LogP contribution in [-0.2, 0) is 16.0 Å². The third kappa shape index (κ3) is 3.84. The van der Waals surface area contributed by atoms with Crippen LogP contribution in [0.2, 0.25) is 0 Å². The molecule has 4 heteroatoms. The van der Waals surface area contributed by atoms with E-state index in [1.807, 2.05) is 23.1 Å². The number of amides is 1. The van der Waals surface area contributed by atoms with Gasteiger partial charge in [-0.2, -0.15) is 0 Å². The number of benzene rings is 1. The maximum absolute atomic E-state index is 12.4. The molecule has 1 unspecified atom stereocenters. The SMILES string of the molecule is CC(C)(CC(=O)N1CCCC1Cc1ccccc1)C(=O)O. The van der Waals surface area contributed by atoms with Crippen LogP contribution in [0.1, 0.15) is 38.7 Å². The van der Waals surface area contributed by atoms with E-state index in [2.05, 4.69) is 12.1 Å². The van der Waals surface area contributed by atoms with Crippen LogP contribution in [-0.4, -0.2) is 34.5 Å². The summed E-state index contributed by atoms with van der Waals surface area (Å²) in [7, 11) is 0. The first kappa shape index (κ1) is 15.5. The Hall–Kier alpha value is -1.84. The summed E-state index contributed by atoms with van der Waals surface area (Å²) < 4.78 is 0. The summed E-state index contributed by atoms with van der Waals surface area (Å²) in [4.78, 5) is 25.5. The summed E-state index contributed by atoms with van der Waals surface area (Å²) in [5, 5.41) is 9.16. The fourth-order valence-corrected chi connectivity index (χ4v) is 2.82. The van der Waals surface area contributed by atoms with Crippen molar-refractivity contribution in [3.8, 4) is 0 Å². The topological polar surface area (TPSA) is 57.6 Å². The Kier molecular flexibility index (Phi) is 4.66. The molecule has 0 spiro atoms. The average molecular weight is 289 g/mol. The zero-order valence-corrected chi connectivity index (χ0v) is 12.7. The van der Waals surface area contributed by atoms with Crippen LogP contribution < -0.4 is 0 Å². The van der Waals surface area contributed by atoms with Crippen molar-refractivity contribution in [2.75, 3.05) is 6.54 Å². The summed E-state index contributed by atoms with van der Waals surface area (Å²) in [6, 6.07) is 10.3. The van der Waals surface area contributed by atoms with Gasteiger partial charge in [-0.1, -0.05) is 30.3 Å². The Balaban J connectivity index is 2.01. The van der Waals surface area contributed by atoms with Gasteiger partial charge in [-0.05, 0) is 38.7 Å². The minimum atomic E-state index is -1.00. The maximum Gasteiger partial charge on any atom is 0.309 e. The minimum absolute atomic E-state index is 0.0409. The van der Waals surface area contributed by atoms with E-state index in [0.717, 1.165) is 25.8 Å². The second-order valence-corrected chi connectivity index (χ2v) is 6.44. The van der Waals surface area contributed by atoms with E-state index >= 15 is 0 Å². The van der Waals surface area contributed by atoms with Crippen LogP contribution in [0, 0.1) is 5.41 Å². The van der Waals surface area contributed by atoms with Gasteiger partial charge in [-0.25, -0.2) is 0 Å². The number of hydrogen-bond donors (Lipinski definition) is 1. The van der Waals surface area contributed by atoms with Crippen LogP contribution in [0.15, 0.2) is 30.3 Å². The molecule has 21 heavy (non-hydrogen) atoms. The molecule has 1 N–H and O–H groups in total. The van der Waals surface area contributed by atoms with Crippen molar-refractivity contribution < 1.29 is 14.7 Å². The first-order chi connectivity index (χ1) is 9.90. The third-order valence-corrected chi connectivity index (χ3v) is 4.18. The molecule has 0 saturated carbocycles. The average Bonchev–Trinajstić information content (AvgIpc) is 2.87. The first-order valence-electron chi connectivity index (χ1n) is 7.47. The summed E-state index contributed by atoms with van der Waals surface area (Å²) >= 11 is 0. The zero-order valence-electron chi connectivity index (χ0n) is 12.7. The van der Waals surface area contributed by atoms with E-state index in [1.54, 1.807) is 13.8 Å². The quantitative estimate of drug-likeness (QED) is 0.906. The Morgan fingerprint density at radius 2 is 1.95 bits per heavy atom. The van der Waals surface area contributed by atoms with Gasteiger partial charge in [0.1, 0.15) is 0 Å². The van der Waals surface area contributed by atoms with Gasteiger partial charge < -0.3 is 10.0 Å². The molecular formula is C17H23NO3. The van der Waals surface area contributed by atoms with E-state index in [4.69, 9.17) is 5.11 Å². The molecule has 1 aliphatic rings. The lowest BCUT2D eigenvalue weighted by Gasteiger charge is -2.28. The Morgan fingerprint density at radius 1 is 1.29 bits per heavy atom. The van der Waals surface area contributed by atoms with E-state index in [0.29, 0.717) is 0 Å². The van der Waals surface area contributed by atoms with Crippen molar-refractivity contribution >= 4 is 11.9 Å². The predicted molar refractivity (Wildman–Crippen MR) is 80.9 cm³/mol.